The second kappa shape index (κ2) is 8.28. The van der Waals surface area contributed by atoms with Crippen LogP contribution in [0, 0.1) is 23.5 Å². The summed E-state index contributed by atoms with van der Waals surface area (Å²) in [7, 11) is 0. The predicted molar refractivity (Wildman–Crippen MR) is 115 cm³/mol. The lowest BCUT2D eigenvalue weighted by molar-refractivity contribution is 0.0280. The standard InChI is InChI=1S/C24H25F2N3O4/c25-16-6-5-15(18(26)9-16)10-27-23(32)17-11-28-12-19-14-3-1-13(2-4-14)7-8-29(19)24(33)20(28)22(31)21(17)30/h5-6,9,11,13-14,19,31H,1-4,7-8,10,12H2,(H,27,32)/t13-,14+,19-/m1/s1. The minimum absolute atomic E-state index is 0.0441. The molecule has 2 saturated heterocycles. The molecule has 7 nitrogen and oxygen atoms in total. The summed E-state index contributed by atoms with van der Waals surface area (Å²) in [5.41, 5.74) is -1.30. The SMILES string of the molecule is O=C(NCc1ccc(F)cc1F)c1cn2c(c(O)c1=O)C(=O)N1CC[C@H]3CC[C@H](CC3)[C@H]1C2. The lowest BCUT2D eigenvalue weighted by Crippen LogP contribution is -2.54. The van der Waals surface area contributed by atoms with E-state index in [9.17, 15) is 28.3 Å². The van der Waals surface area contributed by atoms with Gasteiger partial charge in [0.15, 0.2) is 11.4 Å². The maximum atomic E-state index is 13.9. The van der Waals surface area contributed by atoms with E-state index in [0.29, 0.717) is 31.0 Å². The van der Waals surface area contributed by atoms with Crippen molar-refractivity contribution in [3.8, 4) is 5.75 Å². The molecule has 33 heavy (non-hydrogen) atoms. The van der Waals surface area contributed by atoms with Crippen molar-refractivity contribution in [2.24, 2.45) is 11.8 Å². The summed E-state index contributed by atoms with van der Waals surface area (Å²) in [6.07, 6.45) is 6.61. The molecule has 9 heteroatoms. The van der Waals surface area contributed by atoms with Crippen LogP contribution in [0.1, 0.15) is 58.5 Å². The summed E-state index contributed by atoms with van der Waals surface area (Å²) in [6, 6.07) is 2.95. The lowest BCUT2D eigenvalue weighted by Gasteiger charge is -2.47. The van der Waals surface area contributed by atoms with Gasteiger partial charge in [0.25, 0.3) is 11.8 Å². The number of nitrogens with one attached hydrogen (secondary N) is 1. The summed E-state index contributed by atoms with van der Waals surface area (Å²) in [4.78, 5) is 40.5. The van der Waals surface area contributed by atoms with Gasteiger partial charge < -0.3 is 19.9 Å². The van der Waals surface area contributed by atoms with Crippen LogP contribution in [-0.4, -0.2) is 39.0 Å². The highest BCUT2D eigenvalue weighted by Gasteiger charge is 2.42. The normalized spacial score (nSPS) is 24.0. The van der Waals surface area contributed by atoms with Crippen molar-refractivity contribution in [3.63, 3.8) is 0 Å². The molecule has 4 heterocycles. The predicted octanol–water partition coefficient (Wildman–Crippen LogP) is 2.80. The topological polar surface area (TPSA) is 91.6 Å². The summed E-state index contributed by atoms with van der Waals surface area (Å²) in [5.74, 6) is -2.52. The zero-order chi connectivity index (χ0) is 23.3. The molecular weight excluding hydrogens is 432 g/mol. The Morgan fingerprint density at radius 1 is 1.12 bits per heavy atom. The highest BCUT2D eigenvalue weighted by atomic mass is 19.1. The molecule has 2 amide bonds. The van der Waals surface area contributed by atoms with Crippen LogP contribution in [0.4, 0.5) is 8.78 Å². The molecule has 0 radical (unpaired) electrons. The molecule has 4 aliphatic rings. The molecule has 6 rings (SSSR count). The van der Waals surface area contributed by atoms with E-state index >= 15 is 0 Å². The van der Waals surface area contributed by atoms with Crippen LogP contribution in [0.25, 0.3) is 0 Å². The first-order valence-corrected chi connectivity index (χ1v) is 11.3. The van der Waals surface area contributed by atoms with Gasteiger partial charge in [-0.2, -0.15) is 0 Å². The fourth-order valence-corrected chi connectivity index (χ4v) is 5.56. The molecule has 3 fully saturated rings. The fourth-order valence-electron chi connectivity index (χ4n) is 5.56. The number of halogens is 2. The monoisotopic (exact) mass is 457 g/mol. The van der Waals surface area contributed by atoms with Crippen LogP contribution in [0.2, 0.25) is 0 Å². The summed E-state index contributed by atoms with van der Waals surface area (Å²) in [5, 5.41) is 13.0. The second-order valence-electron chi connectivity index (χ2n) is 9.28. The van der Waals surface area contributed by atoms with Gasteiger partial charge in [-0.15, -0.1) is 0 Å². The van der Waals surface area contributed by atoms with Gasteiger partial charge in [0.1, 0.15) is 17.2 Å². The maximum absolute atomic E-state index is 13.9. The van der Waals surface area contributed by atoms with E-state index in [4.69, 9.17) is 0 Å². The average Bonchev–Trinajstić information content (AvgIpc) is 2.78. The number of amides is 2. The molecule has 2 N–H and O–H groups in total. The highest BCUT2D eigenvalue weighted by molar-refractivity contribution is 5.99. The van der Waals surface area contributed by atoms with Gasteiger partial charge in [0, 0.05) is 37.5 Å². The van der Waals surface area contributed by atoms with Gasteiger partial charge in [-0.05, 0) is 37.2 Å². The van der Waals surface area contributed by atoms with Gasteiger partial charge in [0.2, 0.25) is 5.43 Å². The molecule has 174 valence electrons. The molecule has 2 bridgehead atoms. The molecule has 2 aromatic rings. The van der Waals surface area contributed by atoms with Gasteiger partial charge in [-0.3, -0.25) is 14.4 Å². The Labute approximate surface area is 189 Å². The summed E-state index contributed by atoms with van der Waals surface area (Å²) >= 11 is 0. The van der Waals surface area contributed by atoms with Crippen molar-refractivity contribution >= 4 is 11.8 Å². The number of carbonyl (C=O) groups is 2. The molecule has 1 aromatic carbocycles. The Morgan fingerprint density at radius 2 is 1.88 bits per heavy atom. The second-order valence-corrected chi connectivity index (χ2v) is 9.28. The van der Waals surface area contributed by atoms with Crippen LogP contribution in [0.15, 0.2) is 29.2 Å². The average molecular weight is 457 g/mol. The molecule has 1 aliphatic carbocycles. The molecule has 3 aliphatic heterocycles. The van der Waals surface area contributed by atoms with E-state index in [1.54, 1.807) is 4.90 Å². The molecule has 1 atom stereocenters. The van der Waals surface area contributed by atoms with Crippen LogP contribution in [0.5, 0.6) is 5.75 Å². The number of nitrogens with zero attached hydrogens (tertiary/aromatic N) is 2. The largest absolute Gasteiger partial charge is 0.503 e. The van der Waals surface area contributed by atoms with Crippen molar-refractivity contribution in [1.29, 1.82) is 0 Å². The highest BCUT2D eigenvalue weighted by Crippen LogP contribution is 2.40. The third kappa shape index (κ3) is 3.79. The number of benzene rings is 1. The van der Waals surface area contributed by atoms with Crippen molar-refractivity contribution < 1.29 is 23.5 Å². The Bertz CT molecular complexity index is 1190. The summed E-state index contributed by atoms with van der Waals surface area (Å²) < 4.78 is 28.5. The van der Waals surface area contributed by atoms with Crippen molar-refractivity contribution in [1.82, 2.24) is 14.8 Å². The van der Waals surface area contributed by atoms with Gasteiger partial charge in [-0.1, -0.05) is 18.9 Å². The summed E-state index contributed by atoms with van der Waals surface area (Å²) in [6.45, 7) is 0.742. The van der Waals surface area contributed by atoms with E-state index < -0.39 is 28.7 Å². The first-order chi connectivity index (χ1) is 15.8. The minimum atomic E-state index is -0.946. The quantitative estimate of drug-likeness (QED) is 0.742. The van der Waals surface area contributed by atoms with Crippen LogP contribution >= 0.6 is 0 Å². The number of hydrogen-bond donors (Lipinski definition) is 2. The van der Waals surface area contributed by atoms with Crippen molar-refractivity contribution in [3.05, 3.63) is 63.1 Å². The van der Waals surface area contributed by atoms with E-state index in [-0.39, 0.29) is 35.3 Å². The third-order valence-electron chi connectivity index (χ3n) is 7.42. The Hall–Kier alpha value is -3.23. The van der Waals surface area contributed by atoms with Crippen molar-refractivity contribution in [2.45, 2.75) is 51.2 Å². The van der Waals surface area contributed by atoms with E-state index in [0.717, 1.165) is 38.2 Å². The van der Waals surface area contributed by atoms with Crippen LogP contribution < -0.4 is 10.7 Å². The third-order valence-corrected chi connectivity index (χ3v) is 7.42. The van der Waals surface area contributed by atoms with Crippen molar-refractivity contribution in [2.75, 3.05) is 6.54 Å². The molecule has 1 aromatic heterocycles. The van der Waals surface area contributed by atoms with E-state index in [1.165, 1.54) is 16.8 Å². The first kappa shape index (κ1) is 21.6. The van der Waals surface area contributed by atoms with Gasteiger partial charge >= 0.3 is 0 Å². The number of fused-ring (bicyclic) bond motifs is 4. The molecule has 0 spiro atoms. The minimum Gasteiger partial charge on any atom is -0.503 e. The number of aromatic nitrogens is 1. The van der Waals surface area contributed by atoms with Gasteiger partial charge in [-0.25, -0.2) is 8.78 Å². The number of aromatic hydroxyl groups is 1. The Balaban J connectivity index is 1.44. The van der Waals surface area contributed by atoms with Crippen LogP contribution in [-0.2, 0) is 13.1 Å². The molecule has 1 saturated carbocycles. The first-order valence-electron chi connectivity index (χ1n) is 11.3. The van der Waals surface area contributed by atoms with Gasteiger partial charge in [0.05, 0.1) is 6.04 Å². The number of hydrogen-bond acceptors (Lipinski definition) is 4. The Kier molecular flexibility index (Phi) is 5.42. The lowest BCUT2D eigenvalue weighted by atomic mass is 9.74. The maximum Gasteiger partial charge on any atom is 0.274 e. The number of pyridine rings is 1. The Morgan fingerprint density at radius 3 is 2.61 bits per heavy atom. The number of carbonyl (C=O) groups excluding carboxylic acids is 2. The molecular formula is C24H25F2N3O4. The zero-order valence-electron chi connectivity index (χ0n) is 18.0. The molecule has 0 unspecified atom stereocenters. The fraction of sp³-hybridized carbons (Fsp3) is 0.458. The smallest absolute Gasteiger partial charge is 0.274 e. The van der Waals surface area contributed by atoms with E-state index in [1.807, 2.05) is 0 Å². The number of rotatable bonds is 3. The van der Waals surface area contributed by atoms with Crippen LogP contribution in [0.3, 0.4) is 0 Å². The zero-order valence-corrected chi connectivity index (χ0v) is 18.0. The van der Waals surface area contributed by atoms with E-state index in [2.05, 4.69) is 5.32 Å².